The molecule has 24 heavy (non-hydrogen) atoms. The number of carbonyl (C=O) groups excluding carboxylic acids is 1. The first kappa shape index (κ1) is 17.5. The molecule has 0 fully saturated rings. The average Bonchev–Trinajstić information content (AvgIpc) is 2.47. The van der Waals surface area contributed by atoms with Crippen LogP contribution in [0.5, 0.6) is 0 Å². The van der Waals surface area contributed by atoms with Gasteiger partial charge in [0, 0.05) is 23.6 Å². The van der Waals surface area contributed by atoms with Crippen molar-refractivity contribution in [2.24, 2.45) is 0 Å². The van der Waals surface area contributed by atoms with Crippen molar-refractivity contribution >= 4 is 27.1 Å². The minimum Gasteiger partial charge on any atom is -0.322 e. The first-order chi connectivity index (χ1) is 11.2. The number of nitrogens with zero attached hydrogens (tertiary/aromatic N) is 1. The molecule has 0 aromatic heterocycles. The van der Waals surface area contributed by atoms with Gasteiger partial charge in [-0.15, -0.1) is 0 Å². The van der Waals surface area contributed by atoms with Crippen LogP contribution in [0.4, 0.5) is 15.8 Å². The van der Waals surface area contributed by atoms with E-state index < -0.39 is 32.2 Å². The molecule has 0 aliphatic rings. The molecule has 9 heteroatoms. The van der Waals surface area contributed by atoms with Crippen LogP contribution in [0.15, 0.2) is 42.5 Å². The zero-order valence-corrected chi connectivity index (χ0v) is 13.3. The fourth-order valence-corrected chi connectivity index (χ4v) is 2.82. The molecule has 2 aromatic carbocycles. The number of anilines is 1. The number of nitro groups is 1. The van der Waals surface area contributed by atoms with Crippen LogP contribution >= 0.6 is 0 Å². The van der Waals surface area contributed by atoms with Crippen molar-refractivity contribution in [3.63, 3.8) is 0 Å². The number of carbonyl (C=O) groups is 1. The largest absolute Gasteiger partial charge is 0.322 e. The summed E-state index contributed by atoms with van der Waals surface area (Å²) >= 11 is 0. The molecule has 0 spiro atoms. The molecular weight excluding hydrogens is 339 g/mol. The second-order valence-corrected chi connectivity index (χ2v) is 7.29. The van der Waals surface area contributed by atoms with E-state index in [-0.39, 0.29) is 17.0 Å². The van der Waals surface area contributed by atoms with Crippen molar-refractivity contribution in [2.45, 2.75) is 5.75 Å². The zero-order valence-electron chi connectivity index (χ0n) is 12.5. The van der Waals surface area contributed by atoms with E-state index in [1.807, 2.05) is 0 Å². The fraction of sp³-hybridized carbons (Fsp3) is 0.133. The SMILES string of the molecule is CS(=O)(=O)Cc1cccc(C(=O)Nc2ccc(F)c([N+](=O)[O-])c2)c1. The van der Waals surface area contributed by atoms with Gasteiger partial charge in [-0.1, -0.05) is 12.1 Å². The number of nitrogens with one attached hydrogen (secondary N) is 1. The molecule has 1 N–H and O–H groups in total. The van der Waals surface area contributed by atoms with Crippen LogP contribution in [0.2, 0.25) is 0 Å². The van der Waals surface area contributed by atoms with Gasteiger partial charge in [-0.2, -0.15) is 4.39 Å². The Balaban J connectivity index is 2.23. The highest BCUT2D eigenvalue weighted by molar-refractivity contribution is 7.89. The van der Waals surface area contributed by atoms with Crippen molar-refractivity contribution in [3.8, 4) is 0 Å². The third-order valence-electron chi connectivity index (χ3n) is 3.02. The maximum atomic E-state index is 13.3. The van der Waals surface area contributed by atoms with Crippen LogP contribution in [0, 0.1) is 15.9 Å². The lowest BCUT2D eigenvalue weighted by atomic mass is 10.1. The monoisotopic (exact) mass is 352 g/mol. The highest BCUT2D eigenvalue weighted by Gasteiger charge is 2.16. The summed E-state index contributed by atoms with van der Waals surface area (Å²) < 4.78 is 35.9. The lowest BCUT2D eigenvalue weighted by Gasteiger charge is -2.07. The molecule has 7 nitrogen and oxygen atoms in total. The van der Waals surface area contributed by atoms with Gasteiger partial charge in [-0.25, -0.2) is 8.42 Å². The van der Waals surface area contributed by atoms with Crippen LogP contribution in [0.3, 0.4) is 0 Å². The van der Waals surface area contributed by atoms with Crippen LogP contribution in [0.25, 0.3) is 0 Å². The maximum Gasteiger partial charge on any atom is 0.306 e. The van der Waals surface area contributed by atoms with Gasteiger partial charge in [0.05, 0.1) is 10.7 Å². The minimum atomic E-state index is -3.25. The number of benzene rings is 2. The predicted molar refractivity (Wildman–Crippen MR) is 86.0 cm³/mol. The molecule has 0 heterocycles. The van der Waals surface area contributed by atoms with E-state index in [1.165, 1.54) is 24.3 Å². The van der Waals surface area contributed by atoms with Gasteiger partial charge >= 0.3 is 5.69 Å². The van der Waals surface area contributed by atoms with Crippen LogP contribution in [0.1, 0.15) is 15.9 Å². The molecule has 0 bridgehead atoms. The first-order valence-corrected chi connectivity index (χ1v) is 8.74. The van der Waals surface area contributed by atoms with E-state index in [1.54, 1.807) is 6.07 Å². The molecule has 2 aromatic rings. The number of halogens is 1. The molecule has 1 amide bonds. The van der Waals surface area contributed by atoms with Crippen LogP contribution in [-0.2, 0) is 15.6 Å². The molecule has 0 unspecified atom stereocenters. The normalized spacial score (nSPS) is 11.1. The van der Waals surface area contributed by atoms with Gasteiger partial charge in [-0.05, 0) is 29.8 Å². The second kappa shape index (κ2) is 6.75. The van der Waals surface area contributed by atoms with Gasteiger partial charge in [0.1, 0.15) is 0 Å². The van der Waals surface area contributed by atoms with Crippen LogP contribution in [-0.4, -0.2) is 25.5 Å². The topological polar surface area (TPSA) is 106 Å². The average molecular weight is 352 g/mol. The van der Waals surface area contributed by atoms with E-state index in [0.29, 0.717) is 5.56 Å². The number of rotatable bonds is 5. The van der Waals surface area contributed by atoms with Crippen molar-refractivity contribution in [2.75, 3.05) is 11.6 Å². The van der Waals surface area contributed by atoms with E-state index in [0.717, 1.165) is 18.4 Å². The number of amides is 1. The Morgan fingerprint density at radius 1 is 1.25 bits per heavy atom. The van der Waals surface area contributed by atoms with Crippen LogP contribution < -0.4 is 5.32 Å². The molecule has 0 radical (unpaired) electrons. The first-order valence-electron chi connectivity index (χ1n) is 6.68. The van der Waals surface area contributed by atoms with Gasteiger partial charge in [0.15, 0.2) is 9.84 Å². The number of nitro benzene ring substituents is 1. The van der Waals surface area contributed by atoms with Gasteiger partial charge < -0.3 is 5.32 Å². The minimum absolute atomic E-state index is 0.0571. The molecule has 0 aliphatic carbocycles. The highest BCUT2D eigenvalue weighted by Crippen LogP contribution is 2.22. The standard InChI is InChI=1S/C15H13FN2O5S/c1-24(22,23)9-10-3-2-4-11(7-10)15(19)17-12-5-6-13(16)14(8-12)18(20)21/h2-8H,9H2,1H3,(H,17,19). The summed E-state index contributed by atoms with van der Waals surface area (Å²) in [5.41, 5.74) is -0.0707. The molecule has 2 rings (SSSR count). The summed E-state index contributed by atoms with van der Waals surface area (Å²) in [7, 11) is -3.25. The number of hydrogen-bond donors (Lipinski definition) is 1. The molecule has 0 atom stereocenters. The predicted octanol–water partition coefficient (Wildman–Crippen LogP) is 2.53. The summed E-state index contributed by atoms with van der Waals surface area (Å²) in [5, 5.41) is 13.1. The van der Waals surface area contributed by atoms with Crippen molar-refractivity contribution in [1.82, 2.24) is 0 Å². The lowest BCUT2D eigenvalue weighted by molar-refractivity contribution is -0.387. The Morgan fingerprint density at radius 3 is 2.58 bits per heavy atom. The Labute approximate surface area is 137 Å². The molecular formula is C15H13FN2O5S. The second-order valence-electron chi connectivity index (χ2n) is 5.15. The summed E-state index contributed by atoms with van der Waals surface area (Å²) in [6, 6.07) is 8.97. The number of hydrogen-bond acceptors (Lipinski definition) is 5. The zero-order chi connectivity index (χ0) is 17.9. The summed E-state index contributed by atoms with van der Waals surface area (Å²) in [5.74, 6) is -1.81. The van der Waals surface area contributed by atoms with Crippen molar-refractivity contribution in [1.29, 1.82) is 0 Å². The van der Waals surface area contributed by atoms with Gasteiger partial charge in [-0.3, -0.25) is 14.9 Å². The highest BCUT2D eigenvalue weighted by atomic mass is 32.2. The number of sulfone groups is 1. The third kappa shape index (κ3) is 4.59. The van der Waals surface area contributed by atoms with E-state index in [2.05, 4.69) is 5.32 Å². The molecule has 0 saturated heterocycles. The van der Waals surface area contributed by atoms with Crippen molar-refractivity contribution in [3.05, 3.63) is 69.5 Å². The molecule has 0 saturated carbocycles. The summed E-state index contributed by atoms with van der Waals surface area (Å²) in [4.78, 5) is 22.0. The van der Waals surface area contributed by atoms with E-state index >= 15 is 0 Å². The Bertz CT molecular complexity index is 912. The quantitative estimate of drug-likeness (QED) is 0.657. The van der Waals surface area contributed by atoms with E-state index in [9.17, 15) is 27.7 Å². The van der Waals surface area contributed by atoms with E-state index in [4.69, 9.17) is 0 Å². The molecule has 126 valence electrons. The molecule has 0 aliphatic heterocycles. The third-order valence-corrected chi connectivity index (χ3v) is 3.88. The van der Waals surface area contributed by atoms with Gasteiger partial charge in [0.25, 0.3) is 5.91 Å². The Morgan fingerprint density at radius 2 is 1.96 bits per heavy atom. The van der Waals surface area contributed by atoms with Crippen molar-refractivity contribution < 1.29 is 22.5 Å². The maximum absolute atomic E-state index is 13.3. The lowest BCUT2D eigenvalue weighted by Crippen LogP contribution is -2.13. The summed E-state index contributed by atoms with van der Waals surface area (Å²) in [6.45, 7) is 0. The fourth-order valence-electron chi connectivity index (χ4n) is 2.04. The Kier molecular flexibility index (Phi) is 4.93. The summed E-state index contributed by atoms with van der Waals surface area (Å²) in [6.07, 6.45) is 1.08. The Hall–Kier alpha value is -2.81. The van der Waals surface area contributed by atoms with Gasteiger partial charge in [0.2, 0.25) is 5.82 Å². The smallest absolute Gasteiger partial charge is 0.306 e.